The Hall–Kier alpha value is -3.21. The van der Waals surface area contributed by atoms with Gasteiger partial charge in [-0.1, -0.05) is 42.5 Å². The van der Waals surface area contributed by atoms with Crippen LogP contribution in [0.3, 0.4) is 0 Å². The number of carbonyl (C=O) groups excluding carboxylic acids is 1. The molecule has 28 heavy (non-hydrogen) atoms. The molecule has 0 saturated carbocycles. The zero-order valence-corrected chi connectivity index (χ0v) is 16.0. The van der Waals surface area contributed by atoms with Crippen molar-refractivity contribution in [3.05, 3.63) is 94.9 Å². The van der Waals surface area contributed by atoms with Gasteiger partial charge in [-0.15, -0.1) is 0 Å². The Morgan fingerprint density at radius 1 is 1.04 bits per heavy atom. The van der Waals surface area contributed by atoms with Gasteiger partial charge < -0.3 is 9.80 Å². The highest BCUT2D eigenvalue weighted by molar-refractivity contribution is 5.99. The smallest absolute Gasteiger partial charge is 0.258 e. The van der Waals surface area contributed by atoms with E-state index >= 15 is 0 Å². The third kappa shape index (κ3) is 3.13. The lowest BCUT2D eigenvalue weighted by Gasteiger charge is -2.38. The van der Waals surface area contributed by atoms with Gasteiger partial charge in [0.2, 0.25) is 0 Å². The van der Waals surface area contributed by atoms with Crippen LogP contribution in [0.1, 0.15) is 33.1 Å². The lowest BCUT2D eigenvalue weighted by molar-refractivity contribution is 0.0692. The van der Waals surface area contributed by atoms with Gasteiger partial charge >= 0.3 is 0 Å². The summed E-state index contributed by atoms with van der Waals surface area (Å²) in [6, 6.07) is 17.7. The third-order valence-electron chi connectivity index (χ3n) is 5.18. The third-order valence-corrected chi connectivity index (χ3v) is 5.18. The fourth-order valence-corrected chi connectivity index (χ4v) is 3.89. The Morgan fingerprint density at radius 2 is 1.75 bits per heavy atom. The molecule has 1 atom stereocenters. The molecule has 2 heterocycles. The van der Waals surface area contributed by atoms with Crippen LogP contribution < -0.4 is 4.90 Å². The summed E-state index contributed by atoms with van der Waals surface area (Å²) in [5, 5.41) is 0. The standard InChI is InChI=1S/C23H22FN3O/c1-26(2)22-19(11-7-14-25-22)23(28)27-15-13-16-8-3-4-9-17(16)21(27)18-10-5-6-12-20(18)24/h3-12,14,21H,13,15H2,1-2H3. The van der Waals surface area contributed by atoms with Crippen molar-refractivity contribution < 1.29 is 9.18 Å². The number of halogens is 1. The first-order chi connectivity index (χ1) is 13.6. The van der Waals surface area contributed by atoms with Crippen LogP contribution >= 0.6 is 0 Å². The number of amides is 1. The van der Waals surface area contributed by atoms with E-state index in [1.165, 1.54) is 6.07 Å². The highest BCUT2D eigenvalue weighted by atomic mass is 19.1. The summed E-state index contributed by atoms with van der Waals surface area (Å²) >= 11 is 0. The first-order valence-electron chi connectivity index (χ1n) is 9.33. The molecule has 0 bridgehead atoms. The van der Waals surface area contributed by atoms with Crippen molar-refractivity contribution in [2.75, 3.05) is 25.5 Å². The fraction of sp³-hybridized carbons (Fsp3) is 0.217. The van der Waals surface area contributed by atoms with Crippen LogP contribution in [0.5, 0.6) is 0 Å². The number of rotatable bonds is 3. The van der Waals surface area contributed by atoms with Gasteiger partial charge in [-0.25, -0.2) is 9.37 Å². The molecular formula is C23H22FN3O. The van der Waals surface area contributed by atoms with E-state index < -0.39 is 6.04 Å². The van der Waals surface area contributed by atoms with Crippen molar-refractivity contribution in [1.82, 2.24) is 9.88 Å². The zero-order chi connectivity index (χ0) is 19.7. The largest absolute Gasteiger partial charge is 0.362 e. The molecule has 1 aliphatic rings. The summed E-state index contributed by atoms with van der Waals surface area (Å²) < 4.78 is 14.8. The Morgan fingerprint density at radius 3 is 2.50 bits per heavy atom. The van der Waals surface area contributed by atoms with Crippen LogP contribution in [0.25, 0.3) is 0 Å². The highest BCUT2D eigenvalue weighted by Crippen LogP contribution is 2.37. The predicted octanol–water partition coefficient (Wildman–Crippen LogP) is 4.07. The van der Waals surface area contributed by atoms with Crippen molar-refractivity contribution in [2.24, 2.45) is 0 Å². The van der Waals surface area contributed by atoms with E-state index in [1.54, 1.807) is 35.4 Å². The van der Waals surface area contributed by atoms with Crippen molar-refractivity contribution in [2.45, 2.75) is 12.5 Å². The molecule has 0 fully saturated rings. The fourth-order valence-electron chi connectivity index (χ4n) is 3.89. The molecule has 0 spiro atoms. The molecule has 1 aromatic heterocycles. The number of fused-ring (bicyclic) bond motifs is 1. The molecule has 0 aliphatic carbocycles. The number of pyridine rings is 1. The topological polar surface area (TPSA) is 36.4 Å². The minimum absolute atomic E-state index is 0.139. The van der Waals surface area contributed by atoms with Gasteiger partial charge in [-0.2, -0.15) is 0 Å². The van der Waals surface area contributed by atoms with E-state index in [0.717, 1.165) is 17.5 Å². The van der Waals surface area contributed by atoms with Crippen molar-refractivity contribution in [3.63, 3.8) is 0 Å². The predicted molar refractivity (Wildman–Crippen MR) is 108 cm³/mol. The van der Waals surface area contributed by atoms with Crippen molar-refractivity contribution in [3.8, 4) is 0 Å². The van der Waals surface area contributed by atoms with Gasteiger partial charge in [0.25, 0.3) is 5.91 Å². The summed E-state index contributed by atoms with van der Waals surface area (Å²) in [5.74, 6) is 0.166. The number of carbonyl (C=O) groups is 1. The van der Waals surface area contributed by atoms with E-state index in [1.807, 2.05) is 43.3 Å². The molecule has 1 unspecified atom stereocenters. The normalized spacial score (nSPS) is 15.8. The maximum Gasteiger partial charge on any atom is 0.258 e. The Balaban J connectivity index is 1.84. The second-order valence-electron chi connectivity index (χ2n) is 7.14. The minimum atomic E-state index is -0.464. The monoisotopic (exact) mass is 375 g/mol. The van der Waals surface area contributed by atoms with Gasteiger partial charge in [0, 0.05) is 32.4 Å². The molecule has 0 saturated heterocycles. The summed E-state index contributed by atoms with van der Waals surface area (Å²) in [5.41, 5.74) is 3.16. The first-order valence-corrected chi connectivity index (χ1v) is 9.33. The zero-order valence-electron chi connectivity index (χ0n) is 16.0. The van der Waals surface area contributed by atoms with Gasteiger partial charge in [0.05, 0.1) is 11.6 Å². The van der Waals surface area contributed by atoms with Gasteiger partial charge in [0.15, 0.2) is 0 Å². The molecule has 3 aromatic rings. The number of hydrogen-bond donors (Lipinski definition) is 0. The molecule has 5 heteroatoms. The van der Waals surface area contributed by atoms with Crippen LogP contribution in [0.15, 0.2) is 66.9 Å². The van der Waals surface area contributed by atoms with Crippen LogP contribution in [-0.4, -0.2) is 36.4 Å². The summed E-state index contributed by atoms with van der Waals surface area (Å²) in [6.07, 6.45) is 2.41. The number of nitrogens with zero attached hydrogens (tertiary/aromatic N) is 3. The Kier molecular flexibility index (Phi) is 4.82. The number of benzene rings is 2. The van der Waals surface area contributed by atoms with Gasteiger partial charge in [-0.3, -0.25) is 4.79 Å². The Labute approximate surface area is 164 Å². The second kappa shape index (κ2) is 7.43. The number of hydrogen-bond acceptors (Lipinski definition) is 3. The molecule has 2 aromatic carbocycles. The lowest BCUT2D eigenvalue weighted by Crippen LogP contribution is -2.41. The number of aromatic nitrogens is 1. The molecule has 142 valence electrons. The van der Waals surface area contributed by atoms with Crippen LogP contribution in [0.2, 0.25) is 0 Å². The second-order valence-corrected chi connectivity index (χ2v) is 7.14. The molecule has 0 radical (unpaired) electrons. The summed E-state index contributed by atoms with van der Waals surface area (Å²) in [7, 11) is 3.72. The SMILES string of the molecule is CN(C)c1ncccc1C(=O)N1CCc2ccccc2C1c1ccccc1F. The molecular weight excluding hydrogens is 353 g/mol. The highest BCUT2D eigenvalue weighted by Gasteiger charge is 2.34. The maximum absolute atomic E-state index is 14.8. The average Bonchev–Trinajstić information content (AvgIpc) is 2.73. The summed E-state index contributed by atoms with van der Waals surface area (Å²) in [6.45, 7) is 0.524. The van der Waals surface area contributed by atoms with Crippen LogP contribution in [0.4, 0.5) is 10.2 Å². The number of anilines is 1. The van der Waals surface area contributed by atoms with Crippen LogP contribution in [-0.2, 0) is 6.42 Å². The van der Waals surface area contributed by atoms with Crippen LogP contribution in [0, 0.1) is 5.82 Å². The van der Waals surface area contributed by atoms with E-state index in [-0.39, 0.29) is 11.7 Å². The minimum Gasteiger partial charge on any atom is -0.362 e. The Bertz CT molecular complexity index is 1020. The van der Waals surface area contributed by atoms with Gasteiger partial charge in [-0.05, 0) is 35.7 Å². The van der Waals surface area contributed by atoms with E-state index in [0.29, 0.717) is 23.5 Å². The van der Waals surface area contributed by atoms with E-state index in [9.17, 15) is 9.18 Å². The molecule has 4 rings (SSSR count). The lowest BCUT2D eigenvalue weighted by atomic mass is 9.87. The molecule has 4 nitrogen and oxygen atoms in total. The summed E-state index contributed by atoms with van der Waals surface area (Å²) in [4.78, 5) is 21.5. The van der Waals surface area contributed by atoms with E-state index in [4.69, 9.17) is 0 Å². The average molecular weight is 375 g/mol. The van der Waals surface area contributed by atoms with E-state index in [2.05, 4.69) is 11.1 Å². The quantitative estimate of drug-likeness (QED) is 0.692. The van der Waals surface area contributed by atoms with Gasteiger partial charge in [0.1, 0.15) is 11.6 Å². The maximum atomic E-state index is 14.8. The molecule has 1 amide bonds. The molecule has 0 N–H and O–H groups in total. The van der Waals surface area contributed by atoms with Crippen molar-refractivity contribution >= 4 is 11.7 Å². The van der Waals surface area contributed by atoms with Crippen molar-refractivity contribution in [1.29, 1.82) is 0 Å². The first kappa shape index (κ1) is 18.2. The molecule has 1 aliphatic heterocycles.